The number of thiophene rings is 1. The van der Waals surface area contributed by atoms with Crippen LogP contribution in [-0.2, 0) is 4.74 Å². The zero-order valence-corrected chi connectivity index (χ0v) is 12.9. The Balaban J connectivity index is 2.40. The number of hydrogen-bond donors (Lipinski definition) is 2. The molecule has 0 saturated heterocycles. The maximum atomic E-state index is 11.9. The summed E-state index contributed by atoms with van der Waals surface area (Å²) in [5.74, 6) is 5.71. The summed E-state index contributed by atoms with van der Waals surface area (Å²) < 4.78 is 5.39. The predicted molar refractivity (Wildman–Crippen MR) is 83.0 cm³/mol. The lowest BCUT2D eigenvalue weighted by Gasteiger charge is -2.04. The minimum Gasteiger partial charge on any atom is -0.380 e. The summed E-state index contributed by atoms with van der Waals surface area (Å²) in [6.07, 6.45) is 2.18. The Hall–Kier alpha value is -1.35. The third-order valence-electron chi connectivity index (χ3n) is 2.62. The van der Waals surface area contributed by atoms with Crippen molar-refractivity contribution in [2.45, 2.75) is 26.7 Å². The highest BCUT2D eigenvalue weighted by atomic mass is 32.1. The third-order valence-corrected chi connectivity index (χ3v) is 3.77. The molecule has 1 heterocycles. The van der Waals surface area contributed by atoms with E-state index in [4.69, 9.17) is 10.5 Å². The molecular weight excluding hydrogens is 272 g/mol. The number of unbranched alkanes of at least 4 members (excludes halogenated alkanes) is 1. The van der Waals surface area contributed by atoms with Crippen LogP contribution in [0.25, 0.3) is 0 Å². The van der Waals surface area contributed by atoms with Gasteiger partial charge in [-0.1, -0.05) is 25.2 Å². The molecule has 0 aliphatic carbocycles. The van der Waals surface area contributed by atoms with Crippen molar-refractivity contribution in [2.75, 3.05) is 26.3 Å². The molecule has 0 saturated carbocycles. The van der Waals surface area contributed by atoms with Crippen molar-refractivity contribution in [1.82, 2.24) is 5.32 Å². The van der Waals surface area contributed by atoms with E-state index in [2.05, 4.69) is 24.1 Å². The molecule has 0 fully saturated rings. The van der Waals surface area contributed by atoms with Crippen LogP contribution in [0.5, 0.6) is 0 Å². The van der Waals surface area contributed by atoms with E-state index in [-0.39, 0.29) is 5.91 Å². The first-order chi connectivity index (χ1) is 9.69. The molecule has 0 unspecified atom stereocenters. The Kier molecular flexibility index (Phi) is 7.97. The lowest BCUT2D eigenvalue weighted by atomic mass is 10.2. The first kappa shape index (κ1) is 16.7. The highest BCUT2D eigenvalue weighted by Crippen LogP contribution is 2.20. The normalized spacial score (nSPS) is 9.95. The fourth-order valence-corrected chi connectivity index (χ4v) is 2.49. The fraction of sp³-hybridized carbons (Fsp3) is 0.533. The molecular formula is C15H22N2O2S. The maximum absolute atomic E-state index is 11.9. The van der Waals surface area contributed by atoms with E-state index in [1.165, 1.54) is 11.3 Å². The molecule has 0 radical (unpaired) electrons. The van der Waals surface area contributed by atoms with E-state index < -0.39 is 0 Å². The SMILES string of the molecule is CCCCOCCNC(=O)c1cc(C)c(C#CCN)s1. The van der Waals surface area contributed by atoms with Gasteiger partial charge in [0, 0.05) is 13.2 Å². The summed E-state index contributed by atoms with van der Waals surface area (Å²) in [6, 6.07) is 1.86. The topological polar surface area (TPSA) is 64.3 Å². The van der Waals surface area contributed by atoms with Crippen LogP contribution in [0.4, 0.5) is 0 Å². The summed E-state index contributed by atoms with van der Waals surface area (Å²) in [7, 11) is 0. The van der Waals surface area contributed by atoms with Crippen molar-refractivity contribution >= 4 is 17.2 Å². The number of carbonyl (C=O) groups excluding carboxylic acids is 1. The summed E-state index contributed by atoms with van der Waals surface area (Å²) in [5.41, 5.74) is 6.36. The molecule has 1 amide bonds. The molecule has 4 nitrogen and oxygen atoms in total. The van der Waals surface area contributed by atoms with Crippen molar-refractivity contribution < 1.29 is 9.53 Å². The largest absolute Gasteiger partial charge is 0.380 e. The van der Waals surface area contributed by atoms with Gasteiger partial charge >= 0.3 is 0 Å². The predicted octanol–water partition coefficient (Wildman–Crippen LogP) is 1.91. The van der Waals surface area contributed by atoms with E-state index in [9.17, 15) is 4.79 Å². The molecule has 1 aromatic heterocycles. The molecule has 3 N–H and O–H groups in total. The lowest BCUT2D eigenvalue weighted by molar-refractivity contribution is 0.0916. The van der Waals surface area contributed by atoms with Crippen molar-refractivity contribution in [2.24, 2.45) is 5.73 Å². The Morgan fingerprint density at radius 3 is 3.00 bits per heavy atom. The van der Waals surface area contributed by atoms with Crippen molar-refractivity contribution in [3.63, 3.8) is 0 Å². The van der Waals surface area contributed by atoms with Gasteiger partial charge in [0.25, 0.3) is 5.91 Å². The molecule has 0 aliphatic heterocycles. The number of carbonyl (C=O) groups is 1. The van der Waals surface area contributed by atoms with Gasteiger partial charge < -0.3 is 15.8 Å². The van der Waals surface area contributed by atoms with Crippen LogP contribution in [0.1, 0.15) is 39.9 Å². The van der Waals surface area contributed by atoms with Crippen LogP contribution < -0.4 is 11.1 Å². The number of nitrogens with one attached hydrogen (secondary N) is 1. The number of ether oxygens (including phenoxy) is 1. The summed E-state index contributed by atoms with van der Waals surface area (Å²) in [6.45, 7) is 6.23. The molecule has 0 atom stereocenters. The quantitative estimate of drug-likeness (QED) is 0.596. The van der Waals surface area contributed by atoms with Crippen LogP contribution in [0.15, 0.2) is 6.07 Å². The number of hydrogen-bond acceptors (Lipinski definition) is 4. The molecule has 0 aliphatic rings. The van der Waals surface area contributed by atoms with Crippen LogP contribution >= 0.6 is 11.3 Å². The monoisotopic (exact) mass is 294 g/mol. The van der Waals surface area contributed by atoms with E-state index in [1.54, 1.807) is 0 Å². The molecule has 0 spiro atoms. The summed E-state index contributed by atoms with van der Waals surface area (Å²) >= 11 is 1.40. The Labute approximate surface area is 124 Å². The van der Waals surface area contributed by atoms with E-state index in [1.807, 2.05) is 13.0 Å². The first-order valence-electron chi connectivity index (χ1n) is 6.84. The van der Waals surface area contributed by atoms with Crippen molar-refractivity contribution in [3.05, 3.63) is 21.4 Å². The van der Waals surface area contributed by atoms with Crippen molar-refractivity contribution in [1.29, 1.82) is 0 Å². The summed E-state index contributed by atoms with van der Waals surface area (Å²) in [4.78, 5) is 13.5. The Morgan fingerprint density at radius 2 is 2.30 bits per heavy atom. The minimum absolute atomic E-state index is 0.0713. The van der Waals surface area contributed by atoms with Crippen molar-refractivity contribution in [3.8, 4) is 11.8 Å². The van der Waals surface area contributed by atoms with E-state index in [0.29, 0.717) is 24.6 Å². The number of nitrogens with two attached hydrogens (primary N) is 1. The van der Waals surface area contributed by atoms with Gasteiger partial charge in [-0.25, -0.2) is 0 Å². The highest BCUT2D eigenvalue weighted by molar-refractivity contribution is 7.14. The second-order valence-corrected chi connectivity index (χ2v) is 5.40. The highest BCUT2D eigenvalue weighted by Gasteiger charge is 2.10. The van der Waals surface area contributed by atoms with Gasteiger partial charge in [0.2, 0.25) is 0 Å². The van der Waals surface area contributed by atoms with E-state index in [0.717, 1.165) is 29.9 Å². The van der Waals surface area contributed by atoms with Gasteiger partial charge in [0.1, 0.15) is 0 Å². The van der Waals surface area contributed by atoms with Crippen LogP contribution in [0.2, 0.25) is 0 Å². The molecule has 110 valence electrons. The van der Waals surface area contributed by atoms with Crippen LogP contribution in [-0.4, -0.2) is 32.2 Å². The third kappa shape index (κ3) is 5.74. The van der Waals surface area contributed by atoms with Gasteiger partial charge in [0.15, 0.2) is 0 Å². The maximum Gasteiger partial charge on any atom is 0.261 e. The average Bonchev–Trinajstić information content (AvgIpc) is 2.81. The second kappa shape index (κ2) is 9.54. The zero-order valence-electron chi connectivity index (χ0n) is 12.1. The number of rotatable bonds is 7. The van der Waals surface area contributed by atoms with Crippen LogP contribution in [0, 0.1) is 18.8 Å². The van der Waals surface area contributed by atoms with E-state index >= 15 is 0 Å². The molecule has 20 heavy (non-hydrogen) atoms. The first-order valence-corrected chi connectivity index (χ1v) is 7.66. The molecule has 0 bridgehead atoms. The lowest BCUT2D eigenvalue weighted by Crippen LogP contribution is -2.26. The Morgan fingerprint density at radius 1 is 1.50 bits per heavy atom. The zero-order chi connectivity index (χ0) is 14.8. The molecule has 0 aromatic carbocycles. The van der Waals surface area contributed by atoms with Gasteiger partial charge in [-0.2, -0.15) is 0 Å². The van der Waals surface area contributed by atoms with Gasteiger partial charge in [0.05, 0.1) is 22.9 Å². The van der Waals surface area contributed by atoms with Crippen LogP contribution in [0.3, 0.4) is 0 Å². The standard InChI is InChI=1S/C15H22N2O2S/c1-3-4-9-19-10-8-17-15(18)14-11-12(2)13(20-14)6-5-7-16/h11H,3-4,7-10,16H2,1-2H3,(H,17,18). The molecule has 5 heteroatoms. The minimum atomic E-state index is -0.0713. The number of aryl methyl sites for hydroxylation is 1. The summed E-state index contributed by atoms with van der Waals surface area (Å²) in [5, 5.41) is 2.85. The molecule has 1 aromatic rings. The number of amides is 1. The van der Waals surface area contributed by atoms with Gasteiger partial charge in [-0.15, -0.1) is 11.3 Å². The van der Waals surface area contributed by atoms with Gasteiger partial charge in [-0.05, 0) is 25.0 Å². The Bertz CT molecular complexity index is 486. The molecule has 1 rings (SSSR count). The smallest absolute Gasteiger partial charge is 0.261 e. The second-order valence-electron chi connectivity index (χ2n) is 4.35. The van der Waals surface area contributed by atoms with Gasteiger partial charge in [-0.3, -0.25) is 4.79 Å². The fourth-order valence-electron chi connectivity index (χ4n) is 1.52. The average molecular weight is 294 g/mol.